The molecule has 464 valence electrons. The number of aliphatic hydroxyl groups is 1. The Bertz CT molecular complexity index is 3810. The van der Waals surface area contributed by atoms with Crippen molar-refractivity contribution in [3.63, 3.8) is 0 Å². The number of nitro benzene ring substituents is 1. The lowest BCUT2D eigenvalue weighted by Gasteiger charge is -2.51. The number of thioether (sulfide) groups is 1. The highest BCUT2D eigenvalue weighted by Crippen LogP contribution is 2.44. The van der Waals surface area contributed by atoms with Gasteiger partial charge in [-0.2, -0.15) is 0 Å². The molecular formula is C70H62N2O17SSi. The number of carbonyl (C=O) groups excluding carboxylic acids is 6. The number of non-ortho nitro benzene ring substituents is 1. The molecule has 21 heteroatoms. The first kappa shape index (κ1) is 63.1. The van der Waals surface area contributed by atoms with E-state index in [1.165, 1.54) is 84.9 Å². The van der Waals surface area contributed by atoms with Gasteiger partial charge in [-0.15, -0.1) is 0 Å². The topological polar surface area (TPSA) is 243 Å². The van der Waals surface area contributed by atoms with E-state index in [-0.39, 0.29) is 39.1 Å². The molecule has 2 fully saturated rings. The molecule has 3 aliphatic heterocycles. The van der Waals surface area contributed by atoms with Crippen LogP contribution in [0, 0.1) is 10.1 Å². The van der Waals surface area contributed by atoms with Crippen LogP contribution in [0.25, 0.3) is 0 Å². The first-order chi connectivity index (χ1) is 44.0. The molecule has 0 spiro atoms. The third-order valence-corrected chi connectivity index (χ3v) is 22.1. The SMILES string of the molecule is CC(C)(C)[Si](OC[C@H]1O[C@@H](Sc2ccc([N+](=O)[O-])cc2)[C@H](N2C(=O)c3ccccc3C2=O)[C@@H](O)[C@@H]1O[C@@H]1O[C@H](COC(=O)c2ccccc2)[C@H](OC(=O)c2ccccc2)[C@H](OC(=O)c2ccccc2)[C@H]1OC(=O)c1ccccc1)(c1ccccc1)c1ccccc1. The van der Waals surface area contributed by atoms with Crippen LogP contribution in [0.2, 0.25) is 5.04 Å². The number of hydrogen-bond donors (Lipinski definition) is 1. The smallest absolute Gasteiger partial charge is 0.338 e. The van der Waals surface area contributed by atoms with Crippen LogP contribution < -0.4 is 10.4 Å². The molecule has 2 saturated heterocycles. The third kappa shape index (κ3) is 13.5. The van der Waals surface area contributed by atoms with Gasteiger partial charge in [0.05, 0.1) is 44.9 Å². The standard InChI is InChI=1S/C70H62N2O17SSi/c1-70(2,3)91(50-32-18-8-19-33-50,51-34-20-9-21-35-51)83-43-55-58(57(73)56(71-62(74)52-36-22-23-37-53(52)63(71)75)69(85-55)90-49-40-38-48(39-41-49)72(80)81)89-68-61(88-67(79)47-30-16-7-17-31-47)60(87-66(78)46-28-14-6-15-29-46)59(86-65(77)45-26-12-5-13-27-45)54(84-68)42-82-64(76)44-24-10-4-11-25-44/h4-41,54-61,68-69,73H,42-43H2,1-3H3/t54-,55-,56-,57-,58-,59+,60+,61-,68+,69+/m1/s1. The highest BCUT2D eigenvalue weighted by Gasteiger charge is 2.60. The molecule has 11 rings (SSSR count). The van der Waals surface area contributed by atoms with Gasteiger partial charge in [-0.3, -0.25) is 24.6 Å². The number of hydrogen-bond acceptors (Lipinski definition) is 18. The van der Waals surface area contributed by atoms with Gasteiger partial charge in [0.15, 0.2) is 24.6 Å². The van der Waals surface area contributed by atoms with Crippen LogP contribution in [0.1, 0.15) is 82.9 Å². The Kier molecular flexibility index (Phi) is 19.2. The molecule has 1 N–H and O–H groups in total. The van der Waals surface area contributed by atoms with Gasteiger partial charge in [-0.25, -0.2) is 19.2 Å². The number of ether oxygens (including phenoxy) is 7. The summed E-state index contributed by atoms with van der Waals surface area (Å²) in [6.45, 7) is 5.04. The second kappa shape index (κ2) is 27.7. The molecule has 2 amide bonds. The van der Waals surface area contributed by atoms with Gasteiger partial charge < -0.3 is 42.7 Å². The van der Waals surface area contributed by atoms with Crippen molar-refractivity contribution in [2.45, 2.75) is 91.2 Å². The quantitative estimate of drug-likeness (QED) is 0.0186. The van der Waals surface area contributed by atoms with Gasteiger partial charge in [0.1, 0.15) is 42.5 Å². The van der Waals surface area contributed by atoms with Crippen molar-refractivity contribution < 1.29 is 76.4 Å². The number of rotatable bonds is 20. The summed E-state index contributed by atoms with van der Waals surface area (Å²) in [4.78, 5) is 100. The van der Waals surface area contributed by atoms with E-state index in [9.17, 15) is 44.0 Å². The van der Waals surface area contributed by atoms with Gasteiger partial charge in [0, 0.05) is 17.0 Å². The van der Waals surface area contributed by atoms with E-state index in [2.05, 4.69) is 20.8 Å². The molecule has 3 heterocycles. The zero-order valence-corrected chi connectivity index (χ0v) is 51.2. The molecule has 0 bridgehead atoms. The maximum absolute atomic E-state index is 14.9. The number of fused-ring (bicyclic) bond motifs is 1. The molecule has 8 aromatic rings. The molecule has 10 atom stereocenters. The Morgan fingerprint density at radius 1 is 0.527 bits per heavy atom. The number of esters is 4. The van der Waals surface area contributed by atoms with Crippen molar-refractivity contribution in [2.75, 3.05) is 13.2 Å². The predicted molar refractivity (Wildman–Crippen MR) is 335 cm³/mol. The number of carbonyl (C=O) groups is 6. The average molecular weight is 1260 g/mol. The zero-order valence-electron chi connectivity index (χ0n) is 49.4. The Hall–Kier alpha value is -9.45. The largest absolute Gasteiger partial charge is 0.459 e. The maximum Gasteiger partial charge on any atom is 0.338 e. The van der Waals surface area contributed by atoms with E-state index in [0.29, 0.717) is 4.90 Å². The first-order valence-corrected chi connectivity index (χ1v) is 32.1. The Balaban J connectivity index is 1.08. The lowest BCUT2D eigenvalue weighted by Crippen LogP contribution is -2.70. The van der Waals surface area contributed by atoms with Crippen molar-refractivity contribution in [3.05, 3.63) is 274 Å². The number of benzene rings is 8. The van der Waals surface area contributed by atoms with Crippen molar-refractivity contribution in [1.82, 2.24) is 4.90 Å². The summed E-state index contributed by atoms with van der Waals surface area (Å²) in [5.74, 6) is -5.34. The van der Waals surface area contributed by atoms with Gasteiger partial charge in [0.2, 0.25) is 0 Å². The Morgan fingerprint density at radius 3 is 1.38 bits per heavy atom. The molecular weight excluding hydrogens is 1200 g/mol. The van der Waals surface area contributed by atoms with Gasteiger partial charge in [-0.05, 0) is 88.2 Å². The minimum absolute atomic E-state index is 0.0144. The monoisotopic (exact) mass is 1260 g/mol. The fraction of sp³-hybridized carbons (Fsp3) is 0.229. The molecule has 0 aromatic heterocycles. The summed E-state index contributed by atoms with van der Waals surface area (Å²) < 4.78 is 53.9. The van der Waals surface area contributed by atoms with E-state index < -0.39 is 128 Å². The summed E-state index contributed by atoms with van der Waals surface area (Å²) in [6, 6.07) is 60.7. The zero-order chi connectivity index (χ0) is 63.8. The summed E-state index contributed by atoms with van der Waals surface area (Å²) in [5, 5.41) is 26.7. The van der Waals surface area contributed by atoms with Gasteiger partial charge >= 0.3 is 23.9 Å². The van der Waals surface area contributed by atoms with E-state index in [0.717, 1.165) is 27.0 Å². The van der Waals surface area contributed by atoms with E-state index in [1.54, 1.807) is 84.9 Å². The molecule has 0 saturated carbocycles. The van der Waals surface area contributed by atoms with Crippen LogP contribution in [0.3, 0.4) is 0 Å². The number of imide groups is 1. The fourth-order valence-corrected chi connectivity index (χ4v) is 17.4. The highest BCUT2D eigenvalue weighted by atomic mass is 32.2. The summed E-state index contributed by atoms with van der Waals surface area (Å²) in [6.07, 6.45) is -14.6. The minimum Gasteiger partial charge on any atom is -0.459 e. The predicted octanol–water partition coefficient (Wildman–Crippen LogP) is 9.66. The van der Waals surface area contributed by atoms with Crippen molar-refractivity contribution in [2.24, 2.45) is 0 Å². The Morgan fingerprint density at radius 2 is 0.934 bits per heavy atom. The number of nitrogens with zero attached hydrogens (tertiary/aromatic N) is 2. The van der Waals surface area contributed by atoms with Crippen LogP contribution in [-0.2, 0) is 37.6 Å². The summed E-state index contributed by atoms with van der Waals surface area (Å²) >= 11 is 0.968. The van der Waals surface area contributed by atoms with Crippen LogP contribution in [0.4, 0.5) is 5.69 Å². The van der Waals surface area contributed by atoms with Crippen molar-refractivity contribution in [1.29, 1.82) is 0 Å². The molecule has 0 radical (unpaired) electrons. The third-order valence-electron chi connectivity index (χ3n) is 16.0. The van der Waals surface area contributed by atoms with Crippen molar-refractivity contribution in [3.8, 4) is 0 Å². The minimum atomic E-state index is -3.57. The van der Waals surface area contributed by atoms with E-state index in [1.807, 2.05) is 60.7 Å². The summed E-state index contributed by atoms with van der Waals surface area (Å²) in [5.41, 5.74) is -1.32. The molecule has 0 unspecified atom stereocenters. The van der Waals surface area contributed by atoms with Crippen LogP contribution >= 0.6 is 11.8 Å². The molecule has 8 aromatic carbocycles. The van der Waals surface area contributed by atoms with Crippen LogP contribution in [0.5, 0.6) is 0 Å². The van der Waals surface area contributed by atoms with Gasteiger partial charge in [-0.1, -0.05) is 178 Å². The molecule has 3 aliphatic rings. The first-order valence-electron chi connectivity index (χ1n) is 29.3. The number of aliphatic hydroxyl groups excluding tert-OH is 1. The lowest BCUT2D eigenvalue weighted by atomic mass is 9.95. The molecule has 19 nitrogen and oxygen atoms in total. The van der Waals surface area contributed by atoms with Crippen LogP contribution in [0.15, 0.2) is 235 Å². The highest BCUT2D eigenvalue weighted by molar-refractivity contribution is 7.99. The maximum atomic E-state index is 14.9. The lowest BCUT2D eigenvalue weighted by molar-refractivity contribution is -0.384. The second-order valence-corrected chi connectivity index (χ2v) is 28.2. The molecule has 0 aliphatic carbocycles. The van der Waals surface area contributed by atoms with Crippen LogP contribution in [-0.4, -0.2) is 133 Å². The fourth-order valence-electron chi connectivity index (χ4n) is 11.6. The van der Waals surface area contributed by atoms with E-state index in [4.69, 9.17) is 37.6 Å². The molecule has 91 heavy (non-hydrogen) atoms. The Labute approximate surface area is 529 Å². The van der Waals surface area contributed by atoms with E-state index >= 15 is 0 Å². The van der Waals surface area contributed by atoms with Crippen molar-refractivity contribution >= 4 is 71.8 Å². The normalized spacial score (nSPS) is 22.3. The van der Waals surface area contributed by atoms with Gasteiger partial charge in [0.25, 0.3) is 25.8 Å². The second-order valence-electron chi connectivity index (χ2n) is 22.7. The summed E-state index contributed by atoms with van der Waals surface area (Å²) in [7, 11) is -3.57. The number of nitro groups is 1. The number of amides is 2. The average Bonchev–Trinajstić information content (AvgIpc) is 1.63.